The summed E-state index contributed by atoms with van der Waals surface area (Å²) in [5, 5.41) is 18.9. The van der Waals surface area contributed by atoms with Crippen molar-refractivity contribution >= 4 is 5.97 Å². The van der Waals surface area contributed by atoms with Crippen LogP contribution < -0.4 is 0 Å². The molecule has 0 aromatic carbocycles. The number of hydrogen-bond donors (Lipinski definition) is 2. The molecule has 0 spiro atoms. The van der Waals surface area contributed by atoms with Crippen LogP contribution in [0.5, 0.6) is 0 Å². The molecule has 2 N–H and O–H groups in total. The lowest BCUT2D eigenvalue weighted by atomic mass is 9.63. The number of carboxylic acid groups (broad SMARTS) is 1. The maximum atomic E-state index is 10.6. The highest BCUT2D eigenvalue weighted by molar-refractivity contribution is 5.66. The Morgan fingerprint density at radius 1 is 1.56 bits per heavy atom. The first kappa shape index (κ1) is 15.2. The van der Waals surface area contributed by atoms with E-state index in [1.807, 2.05) is 6.92 Å². The van der Waals surface area contributed by atoms with Gasteiger partial charge in [-0.1, -0.05) is 32.9 Å². The van der Waals surface area contributed by atoms with E-state index in [0.29, 0.717) is 5.92 Å². The SMILES string of the molecule is C=C1CC[C@@H](O)C(C)(C)[C@H]1CC[C@@H](C)CC(=O)O. The molecule has 18 heavy (non-hydrogen) atoms. The van der Waals surface area contributed by atoms with Gasteiger partial charge in [-0.25, -0.2) is 0 Å². The minimum absolute atomic E-state index is 0.141. The van der Waals surface area contributed by atoms with Gasteiger partial charge in [0.1, 0.15) is 0 Å². The molecule has 0 aliphatic heterocycles. The van der Waals surface area contributed by atoms with Crippen LogP contribution in [0.1, 0.15) is 52.9 Å². The molecule has 3 nitrogen and oxygen atoms in total. The Hall–Kier alpha value is -0.830. The van der Waals surface area contributed by atoms with E-state index < -0.39 is 5.97 Å². The molecule has 1 aliphatic carbocycles. The highest BCUT2D eigenvalue weighted by atomic mass is 16.4. The smallest absolute Gasteiger partial charge is 0.303 e. The molecule has 0 aromatic rings. The lowest BCUT2D eigenvalue weighted by molar-refractivity contribution is -0.138. The summed E-state index contributed by atoms with van der Waals surface area (Å²) >= 11 is 0. The van der Waals surface area contributed by atoms with Gasteiger partial charge in [-0.2, -0.15) is 0 Å². The third-order valence-corrected chi connectivity index (χ3v) is 4.46. The van der Waals surface area contributed by atoms with Gasteiger partial charge in [0.2, 0.25) is 0 Å². The number of aliphatic hydroxyl groups excluding tert-OH is 1. The van der Waals surface area contributed by atoms with E-state index in [-0.39, 0.29) is 23.9 Å². The molecule has 0 bridgehead atoms. The molecule has 0 amide bonds. The summed E-state index contributed by atoms with van der Waals surface area (Å²) in [5.41, 5.74) is 1.07. The van der Waals surface area contributed by atoms with Gasteiger partial charge in [-0.3, -0.25) is 4.79 Å². The Kier molecular flexibility index (Phi) is 4.97. The molecule has 1 aliphatic rings. The molecule has 1 saturated carbocycles. The van der Waals surface area contributed by atoms with Gasteiger partial charge >= 0.3 is 5.97 Å². The van der Waals surface area contributed by atoms with Gasteiger partial charge in [0, 0.05) is 6.42 Å². The Balaban J connectivity index is 2.58. The third-order valence-electron chi connectivity index (χ3n) is 4.46. The zero-order valence-corrected chi connectivity index (χ0v) is 11.8. The predicted molar refractivity (Wildman–Crippen MR) is 72.3 cm³/mol. The van der Waals surface area contributed by atoms with Crippen molar-refractivity contribution in [2.75, 3.05) is 0 Å². The second-order valence-corrected chi connectivity index (χ2v) is 6.37. The van der Waals surface area contributed by atoms with E-state index >= 15 is 0 Å². The fourth-order valence-corrected chi connectivity index (χ4v) is 3.05. The van der Waals surface area contributed by atoms with Crippen LogP contribution in [-0.4, -0.2) is 22.3 Å². The summed E-state index contributed by atoms with van der Waals surface area (Å²) in [6.45, 7) is 10.3. The number of allylic oxidation sites excluding steroid dienone is 1. The van der Waals surface area contributed by atoms with Crippen molar-refractivity contribution in [3.05, 3.63) is 12.2 Å². The molecular formula is C15H26O3. The predicted octanol–water partition coefficient (Wildman–Crippen LogP) is 3.23. The topological polar surface area (TPSA) is 57.5 Å². The van der Waals surface area contributed by atoms with Gasteiger partial charge in [-0.15, -0.1) is 0 Å². The van der Waals surface area contributed by atoms with Crippen molar-refractivity contribution in [3.8, 4) is 0 Å². The van der Waals surface area contributed by atoms with E-state index in [1.165, 1.54) is 5.57 Å². The van der Waals surface area contributed by atoms with Crippen molar-refractivity contribution in [1.29, 1.82) is 0 Å². The average molecular weight is 254 g/mol. The number of hydrogen-bond acceptors (Lipinski definition) is 2. The van der Waals surface area contributed by atoms with Gasteiger partial charge in [0.25, 0.3) is 0 Å². The standard InChI is InChI=1S/C15H26O3/c1-10(9-14(17)18)5-7-12-11(2)6-8-13(16)15(12,3)4/h10,12-13,16H,2,5-9H2,1,3-4H3,(H,17,18)/t10-,12+,13-/m1/s1. The molecule has 0 heterocycles. The van der Waals surface area contributed by atoms with Gasteiger partial charge < -0.3 is 10.2 Å². The second-order valence-electron chi connectivity index (χ2n) is 6.37. The van der Waals surface area contributed by atoms with Gasteiger partial charge in [-0.05, 0) is 42.9 Å². The number of carbonyl (C=O) groups is 1. The normalized spacial score (nSPS) is 29.0. The van der Waals surface area contributed by atoms with E-state index in [2.05, 4.69) is 20.4 Å². The Morgan fingerprint density at radius 3 is 2.72 bits per heavy atom. The van der Waals surface area contributed by atoms with Gasteiger partial charge in [0.15, 0.2) is 0 Å². The summed E-state index contributed by atoms with van der Waals surface area (Å²) in [6, 6.07) is 0. The highest BCUT2D eigenvalue weighted by Crippen LogP contribution is 2.45. The van der Waals surface area contributed by atoms with Crippen LogP contribution in [0.25, 0.3) is 0 Å². The van der Waals surface area contributed by atoms with Crippen molar-refractivity contribution in [1.82, 2.24) is 0 Å². The fraction of sp³-hybridized carbons (Fsp3) is 0.800. The lowest BCUT2D eigenvalue weighted by Gasteiger charge is -2.44. The van der Waals surface area contributed by atoms with E-state index in [0.717, 1.165) is 25.7 Å². The molecule has 3 atom stereocenters. The van der Waals surface area contributed by atoms with Crippen LogP contribution >= 0.6 is 0 Å². The molecule has 0 radical (unpaired) electrons. The molecule has 0 saturated heterocycles. The van der Waals surface area contributed by atoms with Crippen molar-refractivity contribution in [3.63, 3.8) is 0 Å². The van der Waals surface area contributed by atoms with Crippen molar-refractivity contribution in [2.24, 2.45) is 17.3 Å². The first-order chi connectivity index (χ1) is 8.25. The molecule has 0 aromatic heterocycles. The third kappa shape index (κ3) is 3.58. The van der Waals surface area contributed by atoms with Crippen LogP contribution in [0.15, 0.2) is 12.2 Å². The van der Waals surface area contributed by atoms with E-state index in [4.69, 9.17) is 5.11 Å². The zero-order valence-electron chi connectivity index (χ0n) is 11.8. The van der Waals surface area contributed by atoms with Crippen LogP contribution in [0.4, 0.5) is 0 Å². The zero-order chi connectivity index (χ0) is 13.9. The maximum absolute atomic E-state index is 10.6. The monoisotopic (exact) mass is 254 g/mol. The minimum atomic E-state index is -0.732. The summed E-state index contributed by atoms with van der Waals surface area (Å²) in [5.74, 6) is -0.244. The van der Waals surface area contributed by atoms with Crippen LogP contribution in [0.3, 0.4) is 0 Å². The fourth-order valence-electron chi connectivity index (χ4n) is 3.05. The van der Waals surface area contributed by atoms with Crippen molar-refractivity contribution in [2.45, 2.75) is 59.0 Å². The second kappa shape index (κ2) is 5.87. The van der Waals surface area contributed by atoms with Crippen LogP contribution in [0, 0.1) is 17.3 Å². The molecular weight excluding hydrogens is 228 g/mol. The first-order valence-electron chi connectivity index (χ1n) is 6.82. The average Bonchev–Trinajstić information content (AvgIpc) is 2.22. The molecule has 3 heteroatoms. The van der Waals surface area contributed by atoms with E-state index in [1.54, 1.807) is 0 Å². The number of rotatable bonds is 5. The Labute approximate surface area is 110 Å². The largest absolute Gasteiger partial charge is 0.481 e. The molecule has 1 rings (SSSR count). The minimum Gasteiger partial charge on any atom is -0.481 e. The summed E-state index contributed by atoms with van der Waals surface area (Å²) in [7, 11) is 0. The summed E-state index contributed by atoms with van der Waals surface area (Å²) in [4.78, 5) is 10.6. The lowest BCUT2D eigenvalue weighted by Crippen LogP contribution is -2.41. The summed E-state index contributed by atoms with van der Waals surface area (Å²) < 4.78 is 0. The number of carboxylic acids is 1. The van der Waals surface area contributed by atoms with E-state index in [9.17, 15) is 9.90 Å². The van der Waals surface area contributed by atoms with Gasteiger partial charge in [0.05, 0.1) is 6.10 Å². The van der Waals surface area contributed by atoms with Crippen molar-refractivity contribution < 1.29 is 15.0 Å². The quantitative estimate of drug-likeness (QED) is 0.741. The first-order valence-corrected chi connectivity index (χ1v) is 6.82. The van der Waals surface area contributed by atoms with Crippen LogP contribution in [-0.2, 0) is 4.79 Å². The Bertz CT molecular complexity index is 320. The van der Waals surface area contributed by atoms with Crippen LogP contribution in [0.2, 0.25) is 0 Å². The molecule has 104 valence electrons. The maximum Gasteiger partial charge on any atom is 0.303 e. The molecule has 1 fully saturated rings. The summed E-state index contributed by atoms with van der Waals surface area (Å²) in [6.07, 6.45) is 3.45. The molecule has 0 unspecified atom stereocenters. The Morgan fingerprint density at radius 2 is 2.17 bits per heavy atom. The number of aliphatic hydroxyl groups is 1. The number of aliphatic carboxylic acids is 1. The highest BCUT2D eigenvalue weighted by Gasteiger charge is 2.40.